The highest BCUT2D eigenvalue weighted by Gasteiger charge is 2.30. The van der Waals surface area contributed by atoms with Gasteiger partial charge in [-0.15, -0.1) is 0 Å². The maximum Gasteiger partial charge on any atom is 0.236 e. The van der Waals surface area contributed by atoms with E-state index in [2.05, 4.69) is 48.3 Å². The predicted molar refractivity (Wildman–Crippen MR) is 85.9 cm³/mol. The van der Waals surface area contributed by atoms with Crippen LogP contribution in [-0.2, 0) is 17.8 Å². The smallest absolute Gasteiger partial charge is 0.236 e. The van der Waals surface area contributed by atoms with Gasteiger partial charge in [-0.3, -0.25) is 9.69 Å². The van der Waals surface area contributed by atoms with Crippen molar-refractivity contribution in [3.63, 3.8) is 0 Å². The fourth-order valence-electron chi connectivity index (χ4n) is 2.74. The van der Waals surface area contributed by atoms with Gasteiger partial charge >= 0.3 is 0 Å². The molecule has 21 heavy (non-hydrogen) atoms. The summed E-state index contributed by atoms with van der Waals surface area (Å²) in [5, 5.41) is 2.99. The van der Waals surface area contributed by atoms with Crippen molar-refractivity contribution < 1.29 is 4.79 Å². The average Bonchev–Trinajstić information content (AvgIpc) is 2.51. The lowest BCUT2D eigenvalue weighted by atomic mass is 9.94. The van der Waals surface area contributed by atoms with Crippen LogP contribution in [0.25, 0.3) is 0 Å². The molecule has 0 saturated carbocycles. The third kappa shape index (κ3) is 3.83. The summed E-state index contributed by atoms with van der Waals surface area (Å²) in [5.74, 6) is -0.0528. The van der Waals surface area contributed by atoms with Crippen molar-refractivity contribution in [3.8, 4) is 0 Å². The fourth-order valence-corrected chi connectivity index (χ4v) is 2.74. The van der Waals surface area contributed by atoms with Crippen molar-refractivity contribution in [3.05, 3.63) is 35.4 Å². The second-order valence-corrected chi connectivity index (χ2v) is 6.49. The summed E-state index contributed by atoms with van der Waals surface area (Å²) in [6.07, 6.45) is 1.74. The molecule has 0 aliphatic carbocycles. The average molecular weight is 289 g/mol. The minimum absolute atomic E-state index is 0.0528. The molecule has 1 amide bonds. The van der Waals surface area contributed by atoms with Crippen LogP contribution in [0.4, 0.5) is 0 Å². The zero-order chi connectivity index (χ0) is 15.5. The molecule has 4 nitrogen and oxygen atoms in total. The first-order valence-corrected chi connectivity index (χ1v) is 7.79. The van der Waals surface area contributed by atoms with Gasteiger partial charge in [0.1, 0.15) is 0 Å². The summed E-state index contributed by atoms with van der Waals surface area (Å²) < 4.78 is 0. The quantitative estimate of drug-likeness (QED) is 0.867. The first-order valence-electron chi connectivity index (χ1n) is 7.79. The zero-order valence-corrected chi connectivity index (χ0v) is 13.4. The Hall–Kier alpha value is -1.39. The van der Waals surface area contributed by atoms with Gasteiger partial charge in [0.25, 0.3) is 0 Å². The van der Waals surface area contributed by atoms with Crippen molar-refractivity contribution in [1.82, 2.24) is 10.2 Å². The van der Waals surface area contributed by atoms with Crippen LogP contribution in [-0.4, -0.2) is 35.5 Å². The molecule has 116 valence electrons. The first-order chi connectivity index (χ1) is 9.94. The number of hydrogen-bond donors (Lipinski definition) is 2. The van der Waals surface area contributed by atoms with Gasteiger partial charge in [0.15, 0.2) is 0 Å². The van der Waals surface area contributed by atoms with Crippen molar-refractivity contribution in [2.45, 2.75) is 51.7 Å². The summed E-state index contributed by atoms with van der Waals surface area (Å²) in [7, 11) is 0. The van der Waals surface area contributed by atoms with E-state index < -0.39 is 6.04 Å². The van der Waals surface area contributed by atoms with E-state index in [0.29, 0.717) is 13.0 Å². The number of fused-ring (bicyclic) bond motifs is 1. The minimum atomic E-state index is -0.400. The van der Waals surface area contributed by atoms with E-state index in [1.165, 1.54) is 11.1 Å². The van der Waals surface area contributed by atoms with Crippen LogP contribution in [0.3, 0.4) is 0 Å². The molecule has 0 unspecified atom stereocenters. The Morgan fingerprint density at radius 1 is 1.38 bits per heavy atom. The largest absolute Gasteiger partial charge is 0.353 e. The van der Waals surface area contributed by atoms with Gasteiger partial charge in [0.2, 0.25) is 5.91 Å². The molecule has 0 bridgehead atoms. The monoisotopic (exact) mass is 289 g/mol. The van der Waals surface area contributed by atoms with Crippen LogP contribution < -0.4 is 11.1 Å². The number of nitrogens with two attached hydrogens (primary N) is 1. The second kappa shape index (κ2) is 6.58. The Morgan fingerprint density at radius 3 is 2.71 bits per heavy atom. The van der Waals surface area contributed by atoms with Crippen molar-refractivity contribution in [1.29, 1.82) is 0 Å². The van der Waals surface area contributed by atoms with Gasteiger partial charge < -0.3 is 11.1 Å². The lowest BCUT2D eigenvalue weighted by Crippen LogP contribution is -2.54. The third-order valence-electron chi connectivity index (χ3n) is 4.46. The maximum absolute atomic E-state index is 11.8. The first kappa shape index (κ1) is 16.0. The molecular formula is C17H27N3O. The van der Waals surface area contributed by atoms with Gasteiger partial charge in [-0.2, -0.15) is 0 Å². The van der Waals surface area contributed by atoms with Crippen molar-refractivity contribution >= 4 is 5.91 Å². The molecule has 1 heterocycles. The third-order valence-corrected chi connectivity index (χ3v) is 4.46. The highest BCUT2D eigenvalue weighted by Crippen LogP contribution is 2.24. The van der Waals surface area contributed by atoms with Gasteiger partial charge in [-0.1, -0.05) is 31.2 Å². The molecule has 4 heteroatoms. The lowest BCUT2D eigenvalue weighted by Gasteiger charge is -2.41. The van der Waals surface area contributed by atoms with E-state index in [1.54, 1.807) is 0 Å². The molecule has 3 N–H and O–H groups in total. The minimum Gasteiger partial charge on any atom is -0.353 e. The number of carbonyl (C=O) groups is 1. The van der Waals surface area contributed by atoms with E-state index in [4.69, 9.17) is 5.73 Å². The van der Waals surface area contributed by atoms with Crippen molar-refractivity contribution in [2.75, 3.05) is 13.1 Å². The Morgan fingerprint density at radius 2 is 2.05 bits per heavy atom. The molecule has 0 aromatic heterocycles. The van der Waals surface area contributed by atoms with Gasteiger partial charge in [-0.25, -0.2) is 0 Å². The standard InChI is InChI=1S/C17H27N3O/c1-4-15(18)16(21)19-12-17(2,3)20-10-9-13-7-5-6-8-14(13)11-20/h5-8,15H,4,9-12,18H2,1-3H3,(H,19,21)/t15-/m0/s1. The molecule has 1 aromatic rings. The SMILES string of the molecule is CC[C@H](N)C(=O)NCC(C)(C)N1CCc2ccccc2C1. The van der Waals surface area contributed by atoms with Crippen molar-refractivity contribution in [2.24, 2.45) is 5.73 Å². The Balaban J connectivity index is 1.96. The van der Waals surface area contributed by atoms with E-state index in [1.807, 2.05) is 6.92 Å². The number of nitrogens with zero attached hydrogens (tertiary/aromatic N) is 1. The zero-order valence-electron chi connectivity index (χ0n) is 13.4. The molecule has 1 aliphatic rings. The lowest BCUT2D eigenvalue weighted by molar-refractivity contribution is -0.123. The summed E-state index contributed by atoms with van der Waals surface area (Å²) in [5.41, 5.74) is 8.53. The normalized spacial score (nSPS) is 17.1. The Labute approximate surface area is 127 Å². The van der Waals surface area contributed by atoms with E-state index in [-0.39, 0.29) is 11.4 Å². The molecule has 2 rings (SSSR count). The van der Waals surface area contributed by atoms with E-state index in [0.717, 1.165) is 19.5 Å². The van der Waals surface area contributed by atoms with Crippen LogP contribution in [0.5, 0.6) is 0 Å². The summed E-state index contributed by atoms with van der Waals surface area (Å²) in [4.78, 5) is 14.3. The topological polar surface area (TPSA) is 58.4 Å². The number of nitrogens with one attached hydrogen (secondary N) is 1. The molecule has 0 radical (unpaired) electrons. The van der Waals surface area contributed by atoms with E-state index in [9.17, 15) is 4.79 Å². The molecule has 0 fully saturated rings. The number of amides is 1. The predicted octanol–water partition coefficient (Wildman–Crippen LogP) is 1.68. The fraction of sp³-hybridized carbons (Fsp3) is 0.588. The molecule has 1 aromatic carbocycles. The molecular weight excluding hydrogens is 262 g/mol. The molecule has 1 atom stereocenters. The Kier molecular flexibility index (Phi) is 5.01. The van der Waals surface area contributed by atoms with E-state index >= 15 is 0 Å². The van der Waals surface area contributed by atoms with Gasteiger partial charge in [0.05, 0.1) is 6.04 Å². The molecule has 1 aliphatic heterocycles. The molecule has 0 saturated heterocycles. The number of benzene rings is 1. The van der Waals surface area contributed by atoms with Crippen LogP contribution >= 0.6 is 0 Å². The maximum atomic E-state index is 11.8. The summed E-state index contributed by atoms with van der Waals surface area (Å²) in [6.45, 7) is 8.88. The number of carbonyl (C=O) groups excluding carboxylic acids is 1. The number of hydrogen-bond acceptors (Lipinski definition) is 3. The highest BCUT2D eigenvalue weighted by atomic mass is 16.2. The van der Waals surface area contributed by atoms with Crippen LogP contribution in [0, 0.1) is 0 Å². The molecule has 0 spiro atoms. The van der Waals surface area contributed by atoms with Gasteiger partial charge in [-0.05, 0) is 37.8 Å². The van der Waals surface area contributed by atoms with Gasteiger partial charge in [0, 0.05) is 25.2 Å². The number of rotatable bonds is 5. The second-order valence-electron chi connectivity index (χ2n) is 6.49. The van der Waals surface area contributed by atoms with Crippen LogP contribution in [0.1, 0.15) is 38.3 Å². The van der Waals surface area contributed by atoms with Crippen LogP contribution in [0.2, 0.25) is 0 Å². The highest BCUT2D eigenvalue weighted by molar-refractivity contribution is 5.81. The Bertz CT molecular complexity index is 499. The summed E-state index contributed by atoms with van der Waals surface area (Å²) >= 11 is 0. The van der Waals surface area contributed by atoms with Crippen LogP contribution in [0.15, 0.2) is 24.3 Å². The summed E-state index contributed by atoms with van der Waals surface area (Å²) in [6, 6.07) is 8.21.